The normalized spacial score (nSPS) is 15.3. The molecule has 5 nitrogen and oxygen atoms in total. The highest BCUT2D eigenvalue weighted by Crippen LogP contribution is 2.32. The van der Waals surface area contributed by atoms with E-state index in [1.54, 1.807) is 22.8 Å². The van der Waals surface area contributed by atoms with Gasteiger partial charge in [-0.15, -0.1) is 0 Å². The van der Waals surface area contributed by atoms with Crippen LogP contribution in [0.25, 0.3) is 10.9 Å². The minimum atomic E-state index is -0.0772. The summed E-state index contributed by atoms with van der Waals surface area (Å²) in [6, 6.07) is 5.34. The molecule has 1 aromatic heterocycles. The number of hydrogen-bond donors (Lipinski definition) is 1. The van der Waals surface area contributed by atoms with Crippen molar-refractivity contribution < 1.29 is 4.79 Å². The second-order valence-electron chi connectivity index (χ2n) is 7.68. The fraction of sp³-hybridized carbons (Fsp3) is 0.550. The average molecular weight is 408 g/mol. The molecular weight excluding hydrogens is 382 g/mol. The molecule has 1 aliphatic carbocycles. The van der Waals surface area contributed by atoms with Crippen molar-refractivity contribution in [1.29, 1.82) is 0 Å². The van der Waals surface area contributed by atoms with Gasteiger partial charge in [-0.05, 0) is 56.2 Å². The number of halogens is 1. The van der Waals surface area contributed by atoms with Crippen LogP contribution in [0.4, 0.5) is 0 Å². The van der Waals surface area contributed by atoms with Gasteiger partial charge in [0.05, 0.1) is 16.7 Å². The molecule has 1 aliphatic rings. The van der Waals surface area contributed by atoms with Gasteiger partial charge in [0.15, 0.2) is 5.16 Å². The minimum Gasteiger partial charge on any atom is -0.353 e. The van der Waals surface area contributed by atoms with Crippen LogP contribution in [-0.2, 0) is 11.3 Å². The lowest BCUT2D eigenvalue weighted by Gasteiger charge is -2.15. The van der Waals surface area contributed by atoms with E-state index in [0.29, 0.717) is 39.5 Å². The van der Waals surface area contributed by atoms with Crippen LogP contribution in [0.2, 0.25) is 5.02 Å². The van der Waals surface area contributed by atoms with Gasteiger partial charge in [0.2, 0.25) is 5.91 Å². The molecule has 0 aliphatic heterocycles. The van der Waals surface area contributed by atoms with E-state index in [4.69, 9.17) is 11.6 Å². The maximum atomic E-state index is 13.0. The molecule has 1 atom stereocenters. The summed E-state index contributed by atoms with van der Waals surface area (Å²) < 4.78 is 1.69. The maximum Gasteiger partial charge on any atom is 0.262 e. The van der Waals surface area contributed by atoms with Gasteiger partial charge < -0.3 is 5.32 Å². The molecule has 0 unspecified atom stereocenters. The summed E-state index contributed by atoms with van der Waals surface area (Å²) in [6.07, 6.45) is 3.26. The van der Waals surface area contributed by atoms with Crippen molar-refractivity contribution in [1.82, 2.24) is 14.9 Å². The molecule has 0 radical (unpaired) electrons. The van der Waals surface area contributed by atoms with Crippen LogP contribution >= 0.6 is 23.4 Å². The lowest BCUT2D eigenvalue weighted by Crippen LogP contribution is -2.35. The number of nitrogens with one attached hydrogen (secondary N) is 1. The molecule has 0 saturated heterocycles. The van der Waals surface area contributed by atoms with Crippen molar-refractivity contribution in [3.05, 3.63) is 33.6 Å². The number of amides is 1. The van der Waals surface area contributed by atoms with Crippen LogP contribution in [0.1, 0.15) is 40.0 Å². The summed E-state index contributed by atoms with van der Waals surface area (Å²) in [4.78, 5) is 29.9. The number of hydrogen-bond acceptors (Lipinski definition) is 4. The molecule has 27 heavy (non-hydrogen) atoms. The standard InChI is InChI=1S/C20H26ClN3O2S/c1-12(2)8-9-24-19(26)16-7-6-15(21)10-17(16)23-20(24)27-11-18(25)22-13(3)14-4-5-14/h6-7,10,12-14H,4-5,8-9,11H2,1-3H3,(H,22,25)/t13-/m1/s1. The van der Waals surface area contributed by atoms with Gasteiger partial charge in [-0.1, -0.05) is 37.2 Å². The van der Waals surface area contributed by atoms with Crippen LogP contribution in [0, 0.1) is 11.8 Å². The zero-order chi connectivity index (χ0) is 19.6. The Hall–Kier alpha value is -1.53. The van der Waals surface area contributed by atoms with Crippen LogP contribution in [0.15, 0.2) is 28.2 Å². The van der Waals surface area contributed by atoms with E-state index in [2.05, 4.69) is 31.1 Å². The Morgan fingerprint density at radius 2 is 2.11 bits per heavy atom. The summed E-state index contributed by atoms with van der Waals surface area (Å²) in [7, 11) is 0. The van der Waals surface area contributed by atoms with Gasteiger partial charge >= 0.3 is 0 Å². The number of fused-ring (bicyclic) bond motifs is 1. The molecular formula is C20H26ClN3O2S. The maximum absolute atomic E-state index is 13.0. The van der Waals surface area contributed by atoms with Crippen molar-refractivity contribution >= 4 is 40.2 Å². The Kier molecular flexibility index (Phi) is 6.48. The van der Waals surface area contributed by atoms with Gasteiger partial charge in [0.25, 0.3) is 5.56 Å². The molecule has 1 aromatic carbocycles. The first-order valence-corrected chi connectivity index (χ1v) is 10.8. The second-order valence-corrected chi connectivity index (χ2v) is 9.06. The molecule has 0 spiro atoms. The number of rotatable bonds is 8. The Morgan fingerprint density at radius 1 is 1.37 bits per heavy atom. The second kappa shape index (κ2) is 8.65. The Labute approximate surface area is 168 Å². The molecule has 1 heterocycles. The number of carbonyl (C=O) groups excluding carboxylic acids is 1. The quantitative estimate of drug-likeness (QED) is 0.528. The first-order chi connectivity index (χ1) is 12.8. The van der Waals surface area contributed by atoms with Gasteiger partial charge in [0, 0.05) is 17.6 Å². The fourth-order valence-corrected chi connectivity index (χ4v) is 4.01. The lowest BCUT2D eigenvalue weighted by atomic mass is 10.1. The fourth-order valence-electron chi connectivity index (χ4n) is 3.01. The summed E-state index contributed by atoms with van der Waals surface area (Å²) in [6.45, 7) is 6.89. The molecule has 7 heteroatoms. The van der Waals surface area contributed by atoms with E-state index < -0.39 is 0 Å². The zero-order valence-corrected chi connectivity index (χ0v) is 17.6. The van der Waals surface area contributed by atoms with Crippen molar-refractivity contribution in [3.8, 4) is 0 Å². The molecule has 0 bridgehead atoms. The monoisotopic (exact) mass is 407 g/mol. The summed E-state index contributed by atoms with van der Waals surface area (Å²) >= 11 is 7.38. The van der Waals surface area contributed by atoms with Crippen LogP contribution in [0.5, 0.6) is 0 Å². The van der Waals surface area contributed by atoms with E-state index in [1.807, 2.05) is 0 Å². The van der Waals surface area contributed by atoms with Gasteiger partial charge in [0.1, 0.15) is 0 Å². The summed E-state index contributed by atoms with van der Waals surface area (Å²) in [5.41, 5.74) is 0.495. The number of nitrogens with zero attached hydrogens (tertiary/aromatic N) is 2. The molecule has 2 aromatic rings. The van der Waals surface area contributed by atoms with Gasteiger partial charge in [-0.3, -0.25) is 14.2 Å². The van der Waals surface area contributed by atoms with E-state index in [1.165, 1.54) is 24.6 Å². The Bertz CT molecular complexity index is 893. The third-order valence-electron chi connectivity index (χ3n) is 4.86. The Balaban J connectivity index is 1.83. The van der Waals surface area contributed by atoms with E-state index in [0.717, 1.165) is 6.42 Å². The zero-order valence-electron chi connectivity index (χ0n) is 16.0. The van der Waals surface area contributed by atoms with E-state index in [-0.39, 0.29) is 23.3 Å². The first kappa shape index (κ1) is 20.2. The highest BCUT2D eigenvalue weighted by atomic mass is 35.5. The predicted octanol–water partition coefficient (Wildman–Crippen LogP) is 4.10. The first-order valence-electron chi connectivity index (χ1n) is 9.47. The molecule has 1 saturated carbocycles. The van der Waals surface area contributed by atoms with Crippen LogP contribution in [-0.4, -0.2) is 27.3 Å². The number of aromatic nitrogens is 2. The smallest absolute Gasteiger partial charge is 0.262 e. The third kappa shape index (κ3) is 5.26. The van der Waals surface area contributed by atoms with Crippen molar-refractivity contribution in [3.63, 3.8) is 0 Å². The third-order valence-corrected chi connectivity index (χ3v) is 6.07. The number of carbonyl (C=O) groups is 1. The van der Waals surface area contributed by atoms with Crippen LogP contribution in [0.3, 0.4) is 0 Å². The average Bonchev–Trinajstić information content (AvgIpc) is 3.44. The molecule has 1 fully saturated rings. The van der Waals surface area contributed by atoms with Crippen molar-refractivity contribution in [2.24, 2.45) is 11.8 Å². The predicted molar refractivity (Wildman–Crippen MR) is 112 cm³/mol. The molecule has 146 valence electrons. The van der Waals surface area contributed by atoms with E-state index in [9.17, 15) is 9.59 Å². The van der Waals surface area contributed by atoms with E-state index >= 15 is 0 Å². The molecule has 1 N–H and O–H groups in total. The molecule has 1 amide bonds. The summed E-state index contributed by atoms with van der Waals surface area (Å²) in [5, 5.41) is 4.72. The topological polar surface area (TPSA) is 64.0 Å². The number of benzene rings is 1. The minimum absolute atomic E-state index is 0.0183. The number of thioether (sulfide) groups is 1. The van der Waals surface area contributed by atoms with Crippen molar-refractivity contribution in [2.45, 2.75) is 57.8 Å². The van der Waals surface area contributed by atoms with Gasteiger partial charge in [-0.25, -0.2) is 4.98 Å². The van der Waals surface area contributed by atoms with Crippen molar-refractivity contribution in [2.75, 3.05) is 5.75 Å². The summed E-state index contributed by atoms with van der Waals surface area (Å²) in [5.74, 6) is 1.31. The van der Waals surface area contributed by atoms with Gasteiger partial charge in [-0.2, -0.15) is 0 Å². The Morgan fingerprint density at radius 3 is 2.78 bits per heavy atom. The SMILES string of the molecule is CC(C)CCn1c(SCC(=O)N[C@H](C)C2CC2)nc2cc(Cl)ccc2c1=O. The molecule has 3 rings (SSSR count). The highest BCUT2D eigenvalue weighted by Gasteiger charge is 2.28. The highest BCUT2D eigenvalue weighted by molar-refractivity contribution is 7.99. The largest absolute Gasteiger partial charge is 0.353 e. The lowest BCUT2D eigenvalue weighted by molar-refractivity contribution is -0.119. The van der Waals surface area contributed by atoms with Crippen LogP contribution < -0.4 is 10.9 Å².